The maximum Gasteiger partial charge on any atom is 0.417 e. The maximum absolute atomic E-state index is 13.0. The van der Waals surface area contributed by atoms with Crippen LogP contribution in [0.4, 0.5) is 29.8 Å². The highest BCUT2D eigenvalue weighted by molar-refractivity contribution is 7.14. The van der Waals surface area contributed by atoms with Gasteiger partial charge in [0.25, 0.3) is 5.91 Å². The number of rotatable bonds is 8. The van der Waals surface area contributed by atoms with Gasteiger partial charge in [0, 0.05) is 36.2 Å². The third-order valence-electron chi connectivity index (χ3n) is 4.49. The number of Topliss-reactive ketones (excluding diaryl/α,β-unsaturated/α-hetero) is 1. The van der Waals surface area contributed by atoms with E-state index in [4.69, 9.17) is 11.6 Å². The lowest BCUT2D eigenvalue weighted by Gasteiger charge is -2.11. The number of aromatic nitrogens is 4. The highest BCUT2D eigenvalue weighted by Gasteiger charge is 2.33. The van der Waals surface area contributed by atoms with E-state index in [1.165, 1.54) is 36.0 Å². The first-order valence-corrected chi connectivity index (χ1v) is 11.9. The Kier molecular flexibility index (Phi) is 7.38. The van der Waals surface area contributed by atoms with Crippen LogP contribution in [0.25, 0.3) is 0 Å². The molecule has 3 heterocycles. The number of benzene rings is 1. The molecule has 0 unspecified atom stereocenters. The number of amides is 1. The molecular formula is C21H14ClF3N6O2S2. The molecule has 0 saturated carbocycles. The Labute approximate surface area is 209 Å². The van der Waals surface area contributed by atoms with Crippen molar-refractivity contribution < 1.29 is 22.8 Å². The van der Waals surface area contributed by atoms with Gasteiger partial charge in [0.1, 0.15) is 22.7 Å². The van der Waals surface area contributed by atoms with Gasteiger partial charge in [-0.25, -0.2) is 19.9 Å². The number of nitrogens with zero attached hydrogens (tertiary/aromatic N) is 4. The van der Waals surface area contributed by atoms with E-state index in [9.17, 15) is 22.8 Å². The molecule has 4 aromatic rings. The summed E-state index contributed by atoms with van der Waals surface area (Å²) < 4.78 is 39.1. The van der Waals surface area contributed by atoms with Crippen LogP contribution in [-0.2, 0) is 12.6 Å². The molecule has 0 aliphatic carbocycles. The van der Waals surface area contributed by atoms with Crippen LogP contribution in [0.5, 0.6) is 0 Å². The van der Waals surface area contributed by atoms with Crippen LogP contribution < -0.4 is 10.6 Å². The molecule has 14 heteroatoms. The van der Waals surface area contributed by atoms with E-state index >= 15 is 0 Å². The van der Waals surface area contributed by atoms with E-state index in [0.29, 0.717) is 16.0 Å². The fraction of sp³-hybridized carbons (Fsp3) is 0.143. The summed E-state index contributed by atoms with van der Waals surface area (Å²) in [5.74, 6) is -0.428. The van der Waals surface area contributed by atoms with Gasteiger partial charge in [-0.1, -0.05) is 11.6 Å². The molecule has 3 aromatic heterocycles. The molecule has 1 aromatic carbocycles. The Morgan fingerprint density at radius 3 is 2.66 bits per heavy atom. The summed E-state index contributed by atoms with van der Waals surface area (Å²) in [7, 11) is 0. The minimum Gasteiger partial charge on any atom is -0.321 e. The average molecular weight is 539 g/mol. The number of aryl methyl sites for hydroxylation is 1. The first-order chi connectivity index (χ1) is 16.7. The molecule has 0 radical (unpaired) electrons. The van der Waals surface area contributed by atoms with Gasteiger partial charge in [0.05, 0.1) is 21.8 Å². The fourth-order valence-corrected chi connectivity index (χ4v) is 4.44. The molecular weight excluding hydrogens is 525 g/mol. The topological polar surface area (TPSA) is 110 Å². The summed E-state index contributed by atoms with van der Waals surface area (Å²) >= 11 is 8.02. The van der Waals surface area contributed by atoms with E-state index in [0.717, 1.165) is 23.5 Å². The van der Waals surface area contributed by atoms with E-state index in [1.54, 1.807) is 11.6 Å². The van der Waals surface area contributed by atoms with Crippen molar-refractivity contribution in [1.29, 1.82) is 0 Å². The number of nitrogens with one attached hydrogen (secondary N) is 2. The van der Waals surface area contributed by atoms with Crippen molar-refractivity contribution in [2.75, 3.05) is 10.6 Å². The normalized spacial score (nSPS) is 11.3. The number of hydrogen-bond donors (Lipinski definition) is 2. The predicted octanol–water partition coefficient (Wildman–Crippen LogP) is 5.87. The van der Waals surface area contributed by atoms with Crippen LogP contribution in [0.2, 0.25) is 5.02 Å². The van der Waals surface area contributed by atoms with Crippen molar-refractivity contribution in [3.05, 3.63) is 74.5 Å². The van der Waals surface area contributed by atoms with Gasteiger partial charge >= 0.3 is 6.18 Å². The van der Waals surface area contributed by atoms with E-state index in [1.807, 2.05) is 0 Å². The molecule has 0 aliphatic rings. The number of alkyl halides is 3. The summed E-state index contributed by atoms with van der Waals surface area (Å²) in [5.41, 5.74) is -0.880. The van der Waals surface area contributed by atoms with E-state index in [2.05, 4.69) is 30.6 Å². The van der Waals surface area contributed by atoms with Crippen LogP contribution in [-0.4, -0.2) is 31.6 Å². The van der Waals surface area contributed by atoms with Gasteiger partial charge in [0.15, 0.2) is 10.9 Å². The van der Waals surface area contributed by atoms with Crippen molar-refractivity contribution in [3.8, 4) is 0 Å². The van der Waals surface area contributed by atoms with Gasteiger partial charge in [-0.05, 0) is 18.2 Å². The summed E-state index contributed by atoms with van der Waals surface area (Å²) in [6.07, 6.45) is -0.0813. The Bertz CT molecular complexity index is 1360. The second-order valence-electron chi connectivity index (χ2n) is 6.94. The minimum absolute atomic E-state index is 0.0530. The Morgan fingerprint density at radius 1 is 1.09 bits per heavy atom. The van der Waals surface area contributed by atoms with Crippen molar-refractivity contribution in [2.24, 2.45) is 0 Å². The number of halogens is 4. The monoisotopic (exact) mass is 538 g/mol. The molecule has 2 N–H and O–H groups in total. The lowest BCUT2D eigenvalue weighted by molar-refractivity contribution is -0.137. The molecule has 0 saturated heterocycles. The van der Waals surface area contributed by atoms with Crippen molar-refractivity contribution in [3.63, 3.8) is 0 Å². The lowest BCUT2D eigenvalue weighted by Crippen LogP contribution is -2.12. The number of carbonyl (C=O) groups is 2. The molecule has 0 bridgehead atoms. The quantitative estimate of drug-likeness (QED) is 0.270. The molecule has 180 valence electrons. The highest BCUT2D eigenvalue weighted by atomic mass is 35.5. The van der Waals surface area contributed by atoms with Gasteiger partial charge in [-0.2, -0.15) is 13.2 Å². The SMILES string of the molecule is O=C(CCc1ncc(C(=O)Nc2ccc(Cl)c(C(F)(F)F)c2)s1)c1cc(Nc2nccs2)ncn1. The zero-order valence-electron chi connectivity index (χ0n) is 17.5. The first kappa shape index (κ1) is 24.7. The van der Waals surface area contributed by atoms with Crippen LogP contribution in [0.15, 0.2) is 48.4 Å². The van der Waals surface area contributed by atoms with Crippen LogP contribution in [0.3, 0.4) is 0 Å². The van der Waals surface area contributed by atoms with E-state index in [-0.39, 0.29) is 34.9 Å². The van der Waals surface area contributed by atoms with Gasteiger partial charge < -0.3 is 10.6 Å². The number of hydrogen-bond acceptors (Lipinski definition) is 9. The van der Waals surface area contributed by atoms with Crippen LogP contribution in [0, 0.1) is 0 Å². The van der Waals surface area contributed by atoms with Gasteiger partial charge in [0.2, 0.25) is 0 Å². The Balaban J connectivity index is 1.35. The summed E-state index contributed by atoms with van der Waals surface area (Å²) in [5, 5.41) is 7.87. The third-order valence-corrected chi connectivity index (χ3v) is 6.57. The first-order valence-electron chi connectivity index (χ1n) is 9.83. The van der Waals surface area contributed by atoms with E-state index < -0.39 is 22.7 Å². The Hall–Kier alpha value is -3.42. The number of thiazole rings is 2. The smallest absolute Gasteiger partial charge is 0.321 e. The summed E-state index contributed by atoms with van der Waals surface area (Å²) in [6.45, 7) is 0. The zero-order valence-corrected chi connectivity index (χ0v) is 19.9. The zero-order chi connectivity index (χ0) is 25.0. The standard InChI is InChI=1S/C21H14ClF3N6O2S2/c22-13-2-1-11(7-12(13)21(23,24)25)30-19(33)16-9-27-18(35-16)4-3-15(32)14-8-17(29-10-28-14)31-20-26-5-6-34-20/h1-2,5-10H,3-4H2,(H,30,33)(H,26,28,29,31). The van der Waals surface area contributed by atoms with Crippen LogP contribution >= 0.6 is 34.3 Å². The molecule has 4 rings (SSSR count). The Morgan fingerprint density at radius 2 is 1.91 bits per heavy atom. The van der Waals surface area contributed by atoms with Crippen molar-refractivity contribution in [2.45, 2.75) is 19.0 Å². The van der Waals surface area contributed by atoms with Crippen molar-refractivity contribution >= 4 is 62.6 Å². The second-order valence-corrected chi connectivity index (χ2v) is 9.36. The third kappa shape index (κ3) is 6.38. The molecule has 8 nitrogen and oxygen atoms in total. The van der Waals surface area contributed by atoms with Gasteiger partial charge in [-0.3, -0.25) is 9.59 Å². The maximum atomic E-state index is 13.0. The van der Waals surface area contributed by atoms with Crippen molar-refractivity contribution in [1.82, 2.24) is 19.9 Å². The minimum atomic E-state index is -4.65. The molecule has 0 aliphatic heterocycles. The summed E-state index contributed by atoms with van der Waals surface area (Å²) in [4.78, 5) is 41.5. The molecule has 0 spiro atoms. The number of carbonyl (C=O) groups excluding carboxylic acids is 2. The highest BCUT2D eigenvalue weighted by Crippen LogP contribution is 2.36. The van der Waals surface area contributed by atoms with Gasteiger partial charge in [-0.15, -0.1) is 22.7 Å². The number of ketones is 1. The lowest BCUT2D eigenvalue weighted by atomic mass is 10.1. The molecule has 35 heavy (non-hydrogen) atoms. The largest absolute Gasteiger partial charge is 0.417 e. The second kappa shape index (κ2) is 10.5. The predicted molar refractivity (Wildman–Crippen MR) is 127 cm³/mol. The molecule has 0 atom stereocenters. The molecule has 0 fully saturated rings. The molecule has 1 amide bonds. The fourth-order valence-electron chi connectivity index (χ4n) is 2.87. The number of anilines is 3. The summed E-state index contributed by atoms with van der Waals surface area (Å²) in [6, 6.07) is 4.62. The average Bonchev–Trinajstić information content (AvgIpc) is 3.50. The van der Waals surface area contributed by atoms with Crippen LogP contribution in [0.1, 0.15) is 37.2 Å².